The maximum Gasteiger partial charge on any atom is 0.230 e. The van der Waals surface area contributed by atoms with E-state index in [-0.39, 0.29) is 5.28 Å². The topological polar surface area (TPSA) is 41.9 Å². The van der Waals surface area contributed by atoms with E-state index in [1.165, 1.54) is 0 Å². The molecular formula is C13H13Cl3N4. The predicted molar refractivity (Wildman–Crippen MR) is 83.9 cm³/mol. The average Bonchev–Trinajstić information content (AvgIpc) is 2.39. The molecule has 20 heavy (non-hydrogen) atoms. The van der Waals surface area contributed by atoms with E-state index in [1.54, 1.807) is 18.2 Å². The molecule has 0 radical (unpaired) electrons. The lowest BCUT2D eigenvalue weighted by Gasteiger charge is -2.18. The van der Waals surface area contributed by atoms with Crippen LogP contribution in [-0.2, 0) is 0 Å². The second-order valence-corrected chi connectivity index (χ2v) is 5.21. The van der Waals surface area contributed by atoms with Crippen molar-refractivity contribution in [1.82, 2.24) is 15.0 Å². The van der Waals surface area contributed by atoms with Crippen LogP contribution < -0.4 is 4.90 Å². The average molecular weight is 332 g/mol. The number of aromatic nitrogens is 3. The Balaban J connectivity index is 2.51. The molecule has 0 N–H and O–H groups in total. The molecule has 106 valence electrons. The van der Waals surface area contributed by atoms with E-state index in [0.717, 1.165) is 13.1 Å². The Kier molecular flexibility index (Phi) is 5.02. The molecule has 1 aromatic heterocycles. The molecule has 0 spiro atoms. The van der Waals surface area contributed by atoms with Gasteiger partial charge >= 0.3 is 0 Å². The highest BCUT2D eigenvalue weighted by atomic mass is 35.5. The predicted octanol–water partition coefficient (Wildman–Crippen LogP) is 4.35. The first-order valence-electron chi connectivity index (χ1n) is 6.17. The zero-order valence-corrected chi connectivity index (χ0v) is 13.3. The summed E-state index contributed by atoms with van der Waals surface area (Å²) in [5, 5.41) is 1.18. The van der Waals surface area contributed by atoms with Gasteiger partial charge in [0.15, 0.2) is 5.82 Å². The van der Waals surface area contributed by atoms with Crippen LogP contribution in [0.4, 0.5) is 5.95 Å². The molecule has 1 heterocycles. The summed E-state index contributed by atoms with van der Waals surface area (Å²) in [5.41, 5.74) is 0.675. The van der Waals surface area contributed by atoms with Gasteiger partial charge < -0.3 is 4.90 Å². The zero-order chi connectivity index (χ0) is 14.7. The number of nitrogens with zero attached hydrogens (tertiary/aromatic N) is 4. The van der Waals surface area contributed by atoms with E-state index in [1.807, 2.05) is 18.7 Å². The first-order chi connectivity index (χ1) is 9.55. The van der Waals surface area contributed by atoms with Crippen molar-refractivity contribution in [2.24, 2.45) is 0 Å². The Morgan fingerprint density at radius 3 is 2.30 bits per heavy atom. The normalized spacial score (nSPS) is 10.7. The van der Waals surface area contributed by atoms with Crippen molar-refractivity contribution in [3.05, 3.63) is 33.5 Å². The number of hydrogen-bond acceptors (Lipinski definition) is 4. The molecule has 0 fully saturated rings. The van der Waals surface area contributed by atoms with Crippen LogP contribution in [0, 0.1) is 0 Å². The van der Waals surface area contributed by atoms with Gasteiger partial charge in [-0.3, -0.25) is 0 Å². The van der Waals surface area contributed by atoms with Crippen molar-refractivity contribution in [3.8, 4) is 11.4 Å². The van der Waals surface area contributed by atoms with Crippen LogP contribution in [0.2, 0.25) is 15.3 Å². The highest BCUT2D eigenvalue weighted by Gasteiger charge is 2.13. The number of rotatable bonds is 4. The zero-order valence-electron chi connectivity index (χ0n) is 11.1. The van der Waals surface area contributed by atoms with Gasteiger partial charge in [0.05, 0.1) is 5.02 Å². The standard InChI is InChI=1S/C13H13Cl3N4/c1-3-20(4-2)13-18-11(17-12(16)19-13)9-6-5-8(14)7-10(9)15/h5-7H,3-4H2,1-2H3. The molecule has 0 atom stereocenters. The third kappa shape index (κ3) is 3.32. The Hall–Kier alpha value is -1.10. The summed E-state index contributed by atoms with van der Waals surface area (Å²) >= 11 is 18.0. The monoisotopic (exact) mass is 330 g/mol. The van der Waals surface area contributed by atoms with Crippen molar-refractivity contribution in [3.63, 3.8) is 0 Å². The van der Waals surface area contributed by atoms with Gasteiger partial charge in [-0.1, -0.05) is 23.2 Å². The summed E-state index contributed by atoms with van der Waals surface area (Å²) in [5.74, 6) is 0.976. The first kappa shape index (κ1) is 15.3. The SMILES string of the molecule is CCN(CC)c1nc(Cl)nc(-c2ccc(Cl)cc2Cl)n1. The van der Waals surface area contributed by atoms with Gasteiger partial charge in [0.2, 0.25) is 11.2 Å². The molecule has 0 amide bonds. The molecule has 0 saturated carbocycles. The molecule has 0 aliphatic rings. The lowest BCUT2D eigenvalue weighted by atomic mass is 10.2. The summed E-state index contributed by atoms with van der Waals surface area (Å²) in [6, 6.07) is 5.15. The number of benzene rings is 1. The Morgan fingerprint density at radius 1 is 1.00 bits per heavy atom. The first-order valence-corrected chi connectivity index (χ1v) is 7.30. The van der Waals surface area contributed by atoms with E-state index in [0.29, 0.717) is 27.4 Å². The van der Waals surface area contributed by atoms with E-state index in [9.17, 15) is 0 Å². The van der Waals surface area contributed by atoms with Crippen LogP contribution in [0.15, 0.2) is 18.2 Å². The molecular weight excluding hydrogens is 319 g/mol. The van der Waals surface area contributed by atoms with Crippen LogP contribution >= 0.6 is 34.8 Å². The van der Waals surface area contributed by atoms with Gasteiger partial charge in [-0.15, -0.1) is 0 Å². The second kappa shape index (κ2) is 6.57. The van der Waals surface area contributed by atoms with Crippen LogP contribution in [0.5, 0.6) is 0 Å². The third-order valence-electron chi connectivity index (χ3n) is 2.81. The molecule has 7 heteroatoms. The van der Waals surface area contributed by atoms with Crippen molar-refractivity contribution in [2.75, 3.05) is 18.0 Å². The van der Waals surface area contributed by atoms with Crippen molar-refractivity contribution >= 4 is 40.8 Å². The van der Waals surface area contributed by atoms with Crippen LogP contribution in [-0.4, -0.2) is 28.0 Å². The fraction of sp³-hybridized carbons (Fsp3) is 0.308. The van der Waals surface area contributed by atoms with Gasteiger partial charge in [0.25, 0.3) is 0 Å². The van der Waals surface area contributed by atoms with Crippen LogP contribution in [0.25, 0.3) is 11.4 Å². The van der Waals surface area contributed by atoms with Gasteiger partial charge in [0, 0.05) is 23.7 Å². The summed E-state index contributed by atoms with van der Waals surface area (Å²) < 4.78 is 0. The molecule has 0 unspecified atom stereocenters. The number of anilines is 1. The maximum atomic E-state index is 6.17. The van der Waals surface area contributed by atoms with Gasteiger partial charge in [0.1, 0.15) is 0 Å². The number of hydrogen-bond donors (Lipinski definition) is 0. The Bertz CT molecular complexity index is 615. The van der Waals surface area contributed by atoms with Crippen LogP contribution in [0.3, 0.4) is 0 Å². The van der Waals surface area contributed by atoms with Gasteiger partial charge in [-0.25, -0.2) is 0 Å². The molecule has 0 aliphatic heterocycles. The van der Waals surface area contributed by atoms with E-state index in [2.05, 4.69) is 15.0 Å². The summed E-state index contributed by atoms with van der Waals surface area (Å²) in [6.45, 7) is 5.61. The molecule has 4 nitrogen and oxygen atoms in total. The lowest BCUT2D eigenvalue weighted by molar-refractivity contribution is 0.813. The minimum absolute atomic E-state index is 0.142. The maximum absolute atomic E-state index is 6.17. The molecule has 1 aromatic carbocycles. The van der Waals surface area contributed by atoms with E-state index >= 15 is 0 Å². The minimum Gasteiger partial charge on any atom is -0.341 e. The Morgan fingerprint density at radius 2 is 1.70 bits per heavy atom. The molecule has 2 aromatic rings. The summed E-state index contributed by atoms with van der Waals surface area (Å²) in [4.78, 5) is 14.7. The highest BCUT2D eigenvalue weighted by molar-refractivity contribution is 6.36. The lowest BCUT2D eigenvalue weighted by Crippen LogP contribution is -2.24. The van der Waals surface area contributed by atoms with E-state index < -0.39 is 0 Å². The largest absolute Gasteiger partial charge is 0.341 e. The molecule has 2 rings (SSSR count). The third-order valence-corrected chi connectivity index (χ3v) is 3.53. The fourth-order valence-electron chi connectivity index (χ4n) is 1.78. The summed E-state index contributed by atoms with van der Waals surface area (Å²) in [7, 11) is 0. The van der Waals surface area contributed by atoms with Crippen LogP contribution in [0.1, 0.15) is 13.8 Å². The quantitative estimate of drug-likeness (QED) is 0.835. The minimum atomic E-state index is 0.142. The van der Waals surface area contributed by atoms with Gasteiger partial charge in [-0.2, -0.15) is 15.0 Å². The smallest absolute Gasteiger partial charge is 0.230 e. The molecule has 0 bridgehead atoms. The van der Waals surface area contributed by atoms with Crippen molar-refractivity contribution < 1.29 is 0 Å². The Labute approximate surface area is 132 Å². The van der Waals surface area contributed by atoms with Gasteiger partial charge in [-0.05, 0) is 43.6 Å². The fourth-order valence-corrected chi connectivity index (χ4v) is 2.43. The summed E-state index contributed by atoms with van der Waals surface area (Å²) in [6.07, 6.45) is 0. The van der Waals surface area contributed by atoms with Crippen molar-refractivity contribution in [1.29, 1.82) is 0 Å². The molecule has 0 saturated heterocycles. The molecule has 0 aliphatic carbocycles. The van der Waals surface area contributed by atoms with E-state index in [4.69, 9.17) is 34.8 Å². The van der Waals surface area contributed by atoms with Crippen molar-refractivity contribution in [2.45, 2.75) is 13.8 Å². The highest BCUT2D eigenvalue weighted by Crippen LogP contribution is 2.29. The second-order valence-electron chi connectivity index (χ2n) is 4.02. The number of halogens is 3.